The van der Waals surface area contributed by atoms with Crippen LogP contribution in [0.3, 0.4) is 0 Å². The number of carbonyl (C=O) groups is 1. The molecule has 4 aromatic rings. The fraction of sp³-hybridized carbons (Fsp3) is 0.208. The monoisotopic (exact) mass is 448 g/mol. The van der Waals surface area contributed by atoms with Crippen molar-refractivity contribution in [2.24, 2.45) is 0 Å². The highest BCUT2D eigenvalue weighted by atomic mass is 19.1. The van der Waals surface area contributed by atoms with Gasteiger partial charge in [-0.2, -0.15) is 10.1 Å². The van der Waals surface area contributed by atoms with E-state index in [4.69, 9.17) is 14.2 Å². The van der Waals surface area contributed by atoms with Crippen molar-refractivity contribution in [3.63, 3.8) is 0 Å². The Labute approximate surface area is 188 Å². The van der Waals surface area contributed by atoms with Gasteiger partial charge in [0.1, 0.15) is 5.82 Å². The number of nitrogens with one attached hydrogen (secondary N) is 1. The number of aromatic nitrogens is 3. The molecule has 0 bridgehead atoms. The van der Waals surface area contributed by atoms with Gasteiger partial charge in [0.15, 0.2) is 23.8 Å². The first-order chi connectivity index (χ1) is 16.0. The van der Waals surface area contributed by atoms with Crippen molar-refractivity contribution in [3.8, 4) is 23.1 Å². The van der Waals surface area contributed by atoms with Crippen LogP contribution in [0.5, 0.6) is 17.4 Å². The minimum atomic E-state index is -0.364. The Morgan fingerprint density at radius 1 is 1.15 bits per heavy atom. The molecule has 9 heteroatoms. The number of amides is 1. The van der Waals surface area contributed by atoms with Gasteiger partial charge in [-0.15, -0.1) is 0 Å². The molecule has 1 aliphatic heterocycles. The number of rotatable bonds is 6. The molecule has 0 saturated heterocycles. The fourth-order valence-electron chi connectivity index (χ4n) is 3.78. The molecular weight excluding hydrogens is 427 g/mol. The van der Waals surface area contributed by atoms with Gasteiger partial charge in [-0.25, -0.2) is 9.07 Å². The van der Waals surface area contributed by atoms with Gasteiger partial charge in [-0.05, 0) is 55.3 Å². The number of hydrogen-bond donors (Lipinski definition) is 1. The molecule has 5 rings (SSSR count). The SMILES string of the molecule is Cc1cc(OCC(=O)NCc2ccc3c(c2)OCO3)nc2c1c(C)nn2-c1cccc(F)c1. The predicted molar refractivity (Wildman–Crippen MR) is 118 cm³/mol. The van der Waals surface area contributed by atoms with E-state index in [0.717, 1.165) is 22.2 Å². The van der Waals surface area contributed by atoms with E-state index >= 15 is 0 Å². The number of benzene rings is 2. The van der Waals surface area contributed by atoms with Gasteiger partial charge in [0, 0.05) is 18.0 Å². The zero-order chi connectivity index (χ0) is 22.9. The molecule has 1 amide bonds. The van der Waals surface area contributed by atoms with Crippen molar-refractivity contribution in [2.75, 3.05) is 13.4 Å². The van der Waals surface area contributed by atoms with Crippen molar-refractivity contribution in [1.29, 1.82) is 0 Å². The number of nitrogens with zero attached hydrogens (tertiary/aromatic N) is 3. The molecule has 0 unspecified atom stereocenters. The molecule has 2 aromatic carbocycles. The second kappa shape index (κ2) is 8.42. The molecule has 0 radical (unpaired) electrons. The van der Waals surface area contributed by atoms with Crippen LogP contribution >= 0.6 is 0 Å². The third-order valence-electron chi connectivity index (χ3n) is 5.32. The van der Waals surface area contributed by atoms with Crippen molar-refractivity contribution < 1.29 is 23.4 Å². The first-order valence-electron chi connectivity index (χ1n) is 10.4. The molecule has 33 heavy (non-hydrogen) atoms. The maximum absolute atomic E-state index is 13.7. The van der Waals surface area contributed by atoms with Crippen LogP contribution in [0.25, 0.3) is 16.7 Å². The van der Waals surface area contributed by atoms with Crippen LogP contribution < -0.4 is 19.5 Å². The highest BCUT2D eigenvalue weighted by molar-refractivity contribution is 5.84. The predicted octanol–water partition coefficient (Wildman–Crippen LogP) is 3.60. The lowest BCUT2D eigenvalue weighted by atomic mass is 10.2. The Morgan fingerprint density at radius 3 is 2.85 bits per heavy atom. The largest absolute Gasteiger partial charge is 0.468 e. The van der Waals surface area contributed by atoms with Crippen LogP contribution in [-0.2, 0) is 11.3 Å². The molecule has 0 aliphatic carbocycles. The number of hydrogen-bond acceptors (Lipinski definition) is 6. The minimum Gasteiger partial charge on any atom is -0.468 e. The van der Waals surface area contributed by atoms with Gasteiger partial charge < -0.3 is 19.5 Å². The van der Waals surface area contributed by atoms with Crippen LogP contribution in [0, 0.1) is 19.7 Å². The Bertz CT molecular complexity index is 1370. The van der Waals surface area contributed by atoms with Crippen LogP contribution in [0.1, 0.15) is 16.8 Å². The van der Waals surface area contributed by atoms with E-state index in [2.05, 4.69) is 15.4 Å². The summed E-state index contributed by atoms with van der Waals surface area (Å²) in [5.74, 6) is 0.990. The molecule has 1 N–H and O–H groups in total. The number of ether oxygens (including phenoxy) is 3. The number of fused-ring (bicyclic) bond motifs is 2. The minimum absolute atomic E-state index is 0.199. The summed E-state index contributed by atoms with van der Waals surface area (Å²) in [5.41, 5.74) is 3.65. The zero-order valence-electron chi connectivity index (χ0n) is 18.1. The Hall–Kier alpha value is -4.14. The lowest BCUT2D eigenvalue weighted by Crippen LogP contribution is -2.28. The smallest absolute Gasteiger partial charge is 0.258 e. The quantitative estimate of drug-likeness (QED) is 0.485. The second-order valence-electron chi connectivity index (χ2n) is 7.71. The van der Waals surface area contributed by atoms with Crippen LogP contribution in [0.4, 0.5) is 4.39 Å². The van der Waals surface area contributed by atoms with Gasteiger partial charge in [0.25, 0.3) is 5.91 Å². The van der Waals surface area contributed by atoms with Crippen molar-refractivity contribution in [1.82, 2.24) is 20.1 Å². The molecule has 0 saturated carbocycles. The van der Waals surface area contributed by atoms with Gasteiger partial charge >= 0.3 is 0 Å². The summed E-state index contributed by atoms with van der Waals surface area (Å²) >= 11 is 0. The molecule has 0 spiro atoms. The summed E-state index contributed by atoms with van der Waals surface area (Å²) in [7, 11) is 0. The van der Waals surface area contributed by atoms with Crippen LogP contribution in [0.15, 0.2) is 48.5 Å². The van der Waals surface area contributed by atoms with Crippen LogP contribution in [0.2, 0.25) is 0 Å². The van der Waals surface area contributed by atoms with E-state index in [-0.39, 0.29) is 31.0 Å². The number of aryl methyl sites for hydroxylation is 2. The summed E-state index contributed by atoms with van der Waals surface area (Å²) in [5, 5.41) is 8.19. The summed E-state index contributed by atoms with van der Waals surface area (Å²) < 4.78 is 31.6. The van der Waals surface area contributed by atoms with Crippen molar-refractivity contribution in [2.45, 2.75) is 20.4 Å². The molecule has 2 aromatic heterocycles. The average Bonchev–Trinajstić information content (AvgIpc) is 3.40. The van der Waals surface area contributed by atoms with E-state index in [1.807, 2.05) is 32.0 Å². The van der Waals surface area contributed by atoms with Gasteiger partial charge in [-0.1, -0.05) is 12.1 Å². The first kappa shape index (κ1) is 20.7. The van der Waals surface area contributed by atoms with E-state index in [0.29, 0.717) is 29.4 Å². The second-order valence-corrected chi connectivity index (χ2v) is 7.71. The van der Waals surface area contributed by atoms with E-state index in [9.17, 15) is 9.18 Å². The average molecular weight is 448 g/mol. The summed E-state index contributed by atoms with van der Waals surface area (Å²) in [6.45, 7) is 4.12. The maximum atomic E-state index is 13.7. The van der Waals surface area contributed by atoms with Gasteiger partial charge in [0.2, 0.25) is 12.7 Å². The Morgan fingerprint density at radius 2 is 2.00 bits per heavy atom. The molecular formula is C24H21FN4O4. The summed E-state index contributed by atoms with van der Waals surface area (Å²) in [6.07, 6.45) is 0. The Kier molecular flexibility index (Phi) is 5.29. The highest BCUT2D eigenvalue weighted by Gasteiger charge is 2.16. The molecule has 3 heterocycles. The van der Waals surface area contributed by atoms with Gasteiger partial charge in [-0.3, -0.25) is 4.79 Å². The summed E-state index contributed by atoms with van der Waals surface area (Å²) in [6, 6.07) is 13.4. The van der Waals surface area contributed by atoms with Crippen molar-refractivity contribution >= 4 is 16.9 Å². The Balaban J connectivity index is 1.30. The standard InChI is InChI=1S/C24H21FN4O4/c1-14-8-22(27-24-23(14)15(2)28-29(24)18-5-3-4-17(25)10-18)31-12-21(30)26-11-16-6-7-19-20(9-16)33-13-32-19/h3-10H,11-13H2,1-2H3,(H,26,30). The lowest BCUT2D eigenvalue weighted by Gasteiger charge is -2.09. The third kappa shape index (κ3) is 4.17. The van der Waals surface area contributed by atoms with Crippen LogP contribution in [-0.4, -0.2) is 34.1 Å². The first-order valence-corrected chi connectivity index (χ1v) is 10.4. The molecule has 1 aliphatic rings. The van der Waals surface area contributed by atoms with E-state index in [1.54, 1.807) is 22.9 Å². The normalized spacial score (nSPS) is 12.2. The van der Waals surface area contributed by atoms with E-state index < -0.39 is 0 Å². The maximum Gasteiger partial charge on any atom is 0.258 e. The zero-order valence-corrected chi connectivity index (χ0v) is 18.1. The number of carbonyl (C=O) groups excluding carboxylic acids is 1. The summed E-state index contributed by atoms with van der Waals surface area (Å²) in [4.78, 5) is 16.9. The number of halogens is 1. The fourth-order valence-corrected chi connectivity index (χ4v) is 3.78. The topological polar surface area (TPSA) is 87.5 Å². The van der Waals surface area contributed by atoms with Gasteiger partial charge in [0.05, 0.1) is 11.4 Å². The van der Waals surface area contributed by atoms with E-state index in [1.165, 1.54) is 12.1 Å². The lowest BCUT2D eigenvalue weighted by molar-refractivity contribution is -0.123. The highest BCUT2D eigenvalue weighted by Crippen LogP contribution is 2.32. The third-order valence-corrected chi connectivity index (χ3v) is 5.32. The van der Waals surface area contributed by atoms with Crippen molar-refractivity contribution in [3.05, 3.63) is 71.2 Å². The molecule has 0 atom stereocenters. The molecule has 168 valence electrons. The molecule has 8 nitrogen and oxygen atoms in total. The number of pyridine rings is 1. The molecule has 0 fully saturated rings.